The lowest BCUT2D eigenvalue weighted by Crippen LogP contribution is -2.51. The Morgan fingerprint density at radius 1 is 1.19 bits per heavy atom. The molecule has 9 nitrogen and oxygen atoms in total. The van der Waals surface area contributed by atoms with E-state index in [2.05, 4.69) is 21.8 Å². The fraction of sp³-hybridized carbons (Fsp3) is 0.500. The van der Waals surface area contributed by atoms with Gasteiger partial charge in [0.05, 0.1) is 11.4 Å². The van der Waals surface area contributed by atoms with E-state index in [9.17, 15) is 9.59 Å². The van der Waals surface area contributed by atoms with Crippen molar-refractivity contribution in [2.45, 2.75) is 26.4 Å². The van der Waals surface area contributed by atoms with E-state index in [4.69, 9.17) is 11.5 Å². The molecular weight excluding hydrogens is 426 g/mol. The van der Waals surface area contributed by atoms with Crippen LogP contribution in [0.3, 0.4) is 0 Å². The molecule has 2 aromatic heterocycles. The highest BCUT2D eigenvalue weighted by molar-refractivity contribution is 7.09. The molecule has 3 amide bonds. The highest BCUT2D eigenvalue weighted by atomic mass is 32.1. The van der Waals surface area contributed by atoms with Crippen LogP contribution >= 0.6 is 11.3 Å². The van der Waals surface area contributed by atoms with Crippen molar-refractivity contribution in [3.63, 3.8) is 0 Å². The van der Waals surface area contributed by atoms with Gasteiger partial charge in [0.2, 0.25) is 0 Å². The summed E-state index contributed by atoms with van der Waals surface area (Å²) in [5.74, 6) is -0.571. The average Bonchev–Trinajstić information content (AvgIpc) is 3.17. The number of piperazine rings is 1. The van der Waals surface area contributed by atoms with Gasteiger partial charge in [-0.15, -0.1) is 11.3 Å². The molecule has 10 heteroatoms. The Morgan fingerprint density at radius 3 is 2.44 bits per heavy atom. The van der Waals surface area contributed by atoms with Crippen molar-refractivity contribution in [3.8, 4) is 0 Å². The first kappa shape index (κ1) is 24.0. The lowest BCUT2D eigenvalue weighted by Gasteiger charge is -2.36. The number of primary amides is 1. The number of nitrogen functional groups attached to an aromatic ring is 1. The van der Waals surface area contributed by atoms with Crippen LogP contribution in [0.15, 0.2) is 29.1 Å². The summed E-state index contributed by atoms with van der Waals surface area (Å²) in [4.78, 5) is 37.5. The number of thiophene rings is 1. The first-order chi connectivity index (χ1) is 15.3. The van der Waals surface area contributed by atoms with Crippen LogP contribution in [-0.4, -0.2) is 84.0 Å². The highest BCUT2D eigenvalue weighted by Crippen LogP contribution is 2.30. The molecule has 0 aliphatic carbocycles. The summed E-state index contributed by atoms with van der Waals surface area (Å²) in [7, 11) is 2.13. The van der Waals surface area contributed by atoms with Crippen LogP contribution in [0.5, 0.6) is 0 Å². The number of carbonyl (C=O) groups excluding carboxylic acids is 2. The molecule has 1 aliphatic rings. The minimum atomic E-state index is -0.571. The van der Waals surface area contributed by atoms with Gasteiger partial charge in [0.25, 0.3) is 5.91 Å². The minimum Gasteiger partial charge on any atom is -0.396 e. The Kier molecular flexibility index (Phi) is 8.05. The maximum Gasteiger partial charge on any atom is 0.325 e. The maximum absolute atomic E-state index is 13.7. The second-order valence-corrected chi connectivity index (χ2v) is 9.18. The molecule has 3 heterocycles. The number of carbonyl (C=O) groups is 2. The van der Waals surface area contributed by atoms with Crippen LogP contribution in [0.1, 0.15) is 29.9 Å². The van der Waals surface area contributed by atoms with Crippen molar-refractivity contribution < 1.29 is 9.59 Å². The molecule has 32 heavy (non-hydrogen) atoms. The van der Waals surface area contributed by atoms with Crippen LogP contribution in [0.4, 0.5) is 16.2 Å². The van der Waals surface area contributed by atoms with E-state index in [0.717, 1.165) is 44.0 Å². The zero-order chi connectivity index (χ0) is 23.3. The molecule has 1 aliphatic heterocycles. The molecule has 0 spiro atoms. The number of pyridine rings is 1. The van der Waals surface area contributed by atoms with Crippen molar-refractivity contribution >= 4 is 34.6 Å². The summed E-state index contributed by atoms with van der Waals surface area (Å²) in [6.07, 6.45) is 1.61. The third kappa shape index (κ3) is 5.96. The number of likely N-dealkylation sites (N-methyl/N-ethyl adjacent to an activating group) is 1. The van der Waals surface area contributed by atoms with Crippen LogP contribution in [-0.2, 0) is 6.54 Å². The van der Waals surface area contributed by atoms with E-state index >= 15 is 0 Å². The van der Waals surface area contributed by atoms with Gasteiger partial charge in [-0.05, 0) is 32.5 Å². The summed E-state index contributed by atoms with van der Waals surface area (Å²) in [6.45, 7) is 9.73. The quantitative estimate of drug-likeness (QED) is 0.624. The number of nitrogens with two attached hydrogens (primary N) is 2. The van der Waals surface area contributed by atoms with Gasteiger partial charge < -0.3 is 21.3 Å². The lowest BCUT2D eigenvalue weighted by molar-refractivity contribution is 0.0995. The molecule has 0 atom stereocenters. The topological polar surface area (TPSA) is 112 Å². The Labute approximate surface area is 193 Å². The first-order valence-electron chi connectivity index (χ1n) is 10.8. The predicted molar refractivity (Wildman–Crippen MR) is 129 cm³/mol. The number of aromatic nitrogens is 1. The molecule has 1 saturated heterocycles. The number of rotatable bonds is 8. The summed E-state index contributed by atoms with van der Waals surface area (Å²) in [5.41, 5.74) is 13.8. The molecule has 0 unspecified atom stereocenters. The zero-order valence-corrected chi connectivity index (χ0v) is 19.8. The van der Waals surface area contributed by atoms with E-state index < -0.39 is 5.91 Å². The molecule has 4 N–H and O–H groups in total. The maximum atomic E-state index is 13.7. The van der Waals surface area contributed by atoms with Crippen molar-refractivity contribution in [2.24, 2.45) is 5.73 Å². The summed E-state index contributed by atoms with van der Waals surface area (Å²) in [6, 6.07) is 3.24. The van der Waals surface area contributed by atoms with Crippen LogP contribution in [0.25, 0.3) is 0 Å². The van der Waals surface area contributed by atoms with Crippen LogP contribution in [0, 0.1) is 0 Å². The van der Waals surface area contributed by atoms with E-state index in [1.807, 2.05) is 29.5 Å². The van der Waals surface area contributed by atoms with E-state index in [1.165, 1.54) is 11.3 Å². The number of hydrogen-bond donors (Lipinski definition) is 2. The molecule has 0 radical (unpaired) electrons. The number of hydrogen-bond acceptors (Lipinski definition) is 7. The Hall–Kier alpha value is -2.69. The Morgan fingerprint density at radius 2 is 1.91 bits per heavy atom. The van der Waals surface area contributed by atoms with E-state index in [1.54, 1.807) is 23.2 Å². The second kappa shape index (κ2) is 10.8. The Bertz CT molecular complexity index is 907. The third-order valence-electron chi connectivity index (χ3n) is 5.66. The molecule has 1 fully saturated rings. The monoisotopic (exact) mass is 459 g/mol. The van der Waals surface area contributed by atoms with Crippen molar-refractivity contribution in [2.75, 3.05) is 56.9 Å². The largest absolute Gasteiger partial charge is 0.396 e. The standard InChI is InChI=1S/C22H33N7O2S/c1-16(2)29(20-15-32-14-18(20)23)22(31)28(11-10-27-8-6-26(3)7-9-27)13-17-4-5-19(21(24)30)25-12-17/h4-5,12,14-16H,6-11,13,23H2,1-3H3,(H2,24,30). The molecule has 174 valence electrons. The highest BCUT2D eigenvalue weighted by Gasteiger charge is 2.27. The van der Waals surface area contributed by atoms with E-state index in [0.29, 0.717) is 18.8 Å². The summed E-state index contributed by atoms with van der Waals surface area (Å²) >= 11 is 1.48. The third-order valence-corrected chi connectivity index (χ3v) is 6.41. The first-order valence-corrected chi connectivity index (χ1v) is 11.8. The molecule has 3 rings (SSSR count). The molecule has 0 aromatic carbocycles. The molecule has 0 saturated carbocycles. The van der Waals surface area contributed by atoms with Gasteiger partial charge in [-0.3, -0.25) is 19.6 Å². The fourth-order valence-electron chi connectivity index (χ4n) is 3.71. The second-order valence-electron chi connectivity index (χ2n) is 8.44. The predicted octanol–water partition coefficient (Wildman–Crippen LogP) is 1.91. The normalized spacial score (nSPS) is 15.1. The molecule has 2 aromatic rings. The van der Waals surface area contributed by atoms with Crippen molar-refractivity contribution in [1.82, 2.24) is 19.7 Å². The van der Waals surface area contributed by atoms with Gasteiger partial charge in [-0.1, -0.05) is 6.07 Å². The van der Waals surface area contributed by atoms with E-state index in [-0.39, 0.29) is 17.8 Å². The van der Waals surface area contributed by atoms with Crippen molar-refractivity contribution in [1.29, 1.82) is 0 Å². The SMILES string of the molecule is CC(C)N(C(=O)N(CCN1CCN(C)CC1)Cc1ccc(C(N)=O)nc1)c1cscc1N. The Balaban J connectivity index is 1.80. The summed E-state index contributed by atoms with van der Waals surface area (Å²) < 4.78 is 0. The van der Waals surface area contributed by atoms with Gasteiger partial charge in [0.15, 0.2) is 0 Å². The summed E-state index contributed by atoms with van der Waals surface area (Å²) in [5, 5.41) is 3.76. The number of urea groups is 1. The minimum absolute atomic E-state index is 0.0547. The number of anilines is 2. The average molecular weight is 460 g/mol. The van der Waals surface area contributed by atoms with Crippen molar-refractivity contribution in [3.05, 3.63) is 40.3 Å². The number of amides is 3. The number of nitrogens with zero attached hydrogens (tertiary/aromatic N) is 5. The van der Waals surface area contributed by atoms with Gasteiger partial charge >= 0.3 is 6.03 Å². The van der Waals surface area contributed by atoms with Crippen LogP contribution < -0.4 is 16.4 Å². The van der Waals surface area contributed by atoms with Gasteiger partial charge in [-0.25, -0.2) is 4.79 Å². The molecular formula is C22H33N7O2S. The fourth-order valence-corrected chi connectivity index (χ4v) is 4.42. The smallest absolute Gasteiger partial charge is 0.325 e. The lowest BCUT2D eigenvalue weighted by atomic mass is 10.2. The molecule has 0 bridgehead atoms. The van der Waals surface area contributed by atoms with Gasteiger partial charge in [0.1, 0.15) is 5.69 Å². The van der Waals surface area contributed by atoms with Crippen LogP contribution in [0.2, 0.25) is 0 Å². The van der Waals surface area contributed by atoms with Gasteiger partial charge in [0, 0.05) is 68.8 Å². The zero-order valence-electron chi connectivity index (χ0n) is 19.0. The van der Waals surface area contributed by atoms with Gasteiger partial charge in [-0.2, -0.15) is 0 Å².